The number of aromatic nitrogens is 2. The number of halogens is 2. The van der Waals surface area contributed by atoms with Crippen molar-refractivity contribution < 1.29 is 18.6 Å². The van der Waals surface area contributed by atoms with E-state index >= 15 is 8.78 Å². The first-order valence-electron chi connectivity index (χ1n) is 14.1. The zero-order valence-corrected chi connectivity index (χ0v) is 22.8. The van der Waals surface area contributed by atoms with Gasteiger partial charge in [-0.1, -0.05) is 24.3 Å². The zero-order chi connectivity index (χ0) is 27.6. The number of anilines is 1. The molecule has 4 aromatic rings. The molecule has 40 heavy (non-hydrogen) atoms. The summed E-state index contributed by atoms with van der Waals surface area (Å²) < 4.78 is 38.6. The smallest absolute Gasteiger partial charge is 0.319 e. The summed E-state index contributed by atoms with van der Waals surface area (Å²) in [6.45, 7) is 4.95. The van der Waals surface area contributed by atoms with Crippen molar-refractivity contribution in [3.05, 3.63) is 54.1 Å². The molecule has 0 radical (unpaired) electrons. The van der Waals surface area contributed by atoms with Gasteiger partial charge in [0.25, 0.3) is 0 Å². The van der Waals surface area contributed by atoms with Crippen molar-refractivity contribution in [2.24, 2.45) is 0 Å². The van der Waals surface area contributed by atoms with Gasteiger partial charge in [0, 0.05) is 36.1 Å². The van der Waals surface area contributed by atoms with Crippen LogP contribution in [-0.4, -0.2) is 70.9 Å². The molecule has 3 atom stereocenters. The van der Waals surface area contributed by atoms with Crippen LogP contribution in [0, 0.1) is 11.6 Å². The summed E-state index contributed by atoms with van der Waals surface area (Å²) in [5.74, 6) is -1.09. The SMILES string of the molecule is CN1CCC[C@H]1COc1nc(N2CC3CC[C@@](C)(C2)N3)c2cc(F)c(-c3cc(O)cc4ccccc34)c(F)c2n1. The second kappa shape index (κ2) is 9.52. The number of rotatable bonds is 5. The molecular formula is C31H33F2N5O2. The van der Waals surface area contributed by atoms with Gasteiger partial charge in [-0.3, -0.25) is 0 Å². The Bertz CT molecular complexity index is 1630. The third kappa shape index (κ3) is 4.32. The van der Waals surface area contributed by atoms with Gasteiger partial charge >= 0.3 is 6.01 Å². The summed E-state index contributed by atoms with van der Waals surface area (Å²) >= 11 is 0. The Labute approximate surface area is 231 Å². The normalized spacial score (nSPS) is 24.9. The predicted octanol–water partition coefficient (Wildman–Crippen LogP) is 5.24. The van der Waals surface area contributed by atoms with Gasteiger partial charge in [-0.25, -0.2) is 8.78 Å². The lowest BCUT2D eigenvalue weighted by atomic mass is 9.95. The molecule has 3 aromatic carbocycles. The Kier molecular flexibility index (Phi) is 6.05. The van der Waals surface area contributed by atoms with Gasteiger partial charge in [-0.05, 0) is 80.7 Å². The molecule has 3 aliphatic rings. The van der Waals surface area contributed by atoms with Crippen LogP contribution in [0.1, 0.15) is 32.6 Å². The van der Waals surface area contributed by atoms with Crippen molar-refractivity contribution in [3.8, 4) is 22.9 Å². The van der Waals surface area contributed by atoms with E-state index in [0.717, 1.165) is 32.2 Å². The minimum atomic E-state index is -0.790. The molecule has 7 rings (SSSR count). The summed E-state index contributed by atoms with van der Waals surface area (Å²) in [4.78, 5) is 13.6. The highest BCUT2D eigenvalue weighted by Gasteiger charge is 2.42. The monoisotopic (exact) mass is 545 g/mol. The van der Waals surface area contributed by atoms with Gasteiger partial charge in [0.2, 0.25) is 0 Å². The van der Waals surface area contributed by atoms with Gasteiger partial charge in [0.15, 0.2) is 5.82 Å². The number of hydrogen-bond acceptors (Lipinski definition) is 7. The molecular weight excluding hydrogens is 512 g/mol. The molecule has 3 saturated heterocycles. The van der Waals surface area contributed by atoms with Gasteiger partial charge in [-0.15, -0.1) is 0 Å². The highest BCUT2D eigenvalue weighted by Crippen LogP contribution is 2.41. The Morgan fingerprint density at radius 2 is 1.98 bits per heavy atom. The lowest BCUT2D eigenvalue weighted by molar-refractivity contribution is 0.188. The fourth-order valence-electron chi connectivity index (χ4n) is 6.88. The van der Waals surface area contributed by atoms with E-state index in [9.17, 15) is 5.11 Å². The van der Waals surface area contributed by atoms with Crippen LogP contribution in [0.3, 0.4) is 0 Å². The maximum absolute atomic E-state index is 16.5. The molecule has 9 heteroatoms. The average Bonchev–Trinajstić information content (AvgIpc) is 3.47. The third-order valence-electron chi connectivity index (χ3n) is 8.91. The zero-order valence-electron chi connectivity index (χ0n) is 22.8. The number of hydrogen-bond donors (Lipinski definition) is 2. The first-order valence-corrected chi connectivity index (χ1v) is 14.1. The van der Waals surface area contributed by atoms with Crippen LogP contribution in [0.25, 0.3) is 32.8 Å². The quantitative estimate of drug-likeness (QED) is 0.356. The lowest BCUT2D eigenvalue weighted by Crippen LogP contribution is -2.58. The number of piperazine rings is 1. The van der Waals surface area contributed by atoms with Gasteiger partial charge in [-0.2, -0.15) is 9.97 Å². The van der Waals surface area contributed by atoms with Crippen LogP contribution in [0.15, 0.2) is 42.5 Å². The molecule has 2 bridgehead atoms. The van der Waals surface area contributed by atoms with E-state index in [4.69, 9.17) is 9.72 Å². The average molecular weight is 546 g/mol. The fraction of sp³-hybridized carbons (Fsp3) is 0.419. The first-order chi connectivity index (χ1) is 19.3. The van der Waals surface area contributed by atoms with Crippen molar-refractivity contribution >= 4 is 27.5 Å². The highest BCUT2D eigenvalue weighted by atomic mass is 19.1. The van der Waals surface area contributed by atoms with E-state index in [1.165, 1.54) is 12.1 Å². The number of aromatic hydroxyl groups is 1. The number of likely N-dealkylation sites (N-methyl/N-ethyl adjacent to an activating group) is 1. The number of ether oxygens (including phenoxy) is 1. The molecule has 0 aliphatic carbocycles. The molecule has 7 nitrogen and oxygen atoms in total. The largest absolute Gasteiger partial charge is 0.508 e. The second-order valence-corrected chi connectivity index (χ2v) is 11.9. The van der Waals surface area contributed by atoms with E-state index < -0.39 is 11.6 Å². The lowest BCUT2D eigenvalue weighted by Gasteiger charge is -2.40. The molecule has 0 saturated carbocycles. The molecule has 4 heterocycles. The minimum absolute atomic E-state index is 0.0135. The Morgan fingerprint density at radius 1 is 1.12 bits per heavy atom. The van der Waals surface area contributed by atoms with Crippen molar-refractivity contribution in [1.82, 2.24) is 20.2 Å². The van der Waals surface area contributed by atoms with Gasteiger partial charge < -0.3 is 25.0 Å². The Hall–Kier alpha value is -3.56. The van der Waals surface area contributed by atoms with Crippen LogP contribution in [0.2, 0.25) is 0 Å². The maximum atomic E-state index is 16.5. The Balaban J connectivity index is 1.39. The molecule has 208 valence electrons. The number of phenols is 1. The molecule has 1 unspecified atom stereocenters. The van der Waals surface area contributed by atoms with Gasteiger partial charge in [0.1, 0.15) is 29.5 Å². The van der Waals surface area contributed by atoms with Crippen molar-refractivity contribution in [2.45, 2.75) is 50.2 Å². The van der Waals surface area contributed by atoms with Crippen LogP contribution in [0.4, 0.5) is 14.6 Å². The van der Waals surface area contributed by atoms with E-state index in [-0.39, 0.29) is 46.0 Å². The number of phenolic OH excluding ortho intramolecular Hbond substituents is 1. The van der Waals surface area contributed by atoms with E-state index in [1.54, 1.807) is 18.2 Å². The summed E-state index contributed by atoms with van der Waals surface area (Å²) in [6, 6.07) is 12.2. The third-order valence-corrected chi connectivity index (χ3v) is 8.91. The number of benzene rings is 3. The Morgan fingerprint density at radius 3 is 2.77 bits per heavy atom. The van der Waals surface area contributed by atoms with Crippen LogP contribution < -0.4 is 15.0 Å². The van der Waals surface area contributed by atoms with Crippen molar-refractivity contribution in [2.75, 3.05) is 38.2 Å². The van der Waals surface area contributed by atoms with Crippen molar-refractivity contribution in [3.63, 3.8) is 0 Å². The number of nitrogens with zero attached hydrogens (tertiary/aromatic N) is 4. The predicted molar refractivity (Wildman–Crippen MR) is 152 cm³/mol. The van der Waals surface area contributed by atoms with Crippen LogP contribution in [-0.2, 0) is 0 Å². The maximum Gasteiger partial charge on any atom is 0.319 e. The highest BCUT2D eigenvalue weighted by molar-refractivity contribution is 6.01. The molecule has 2 N–H and O–H groups in total. The molecule has 0 amide bonds. The van der Waals surface area contributed by atoms with Crippen LogP contribution in [0.5, 0.6) is 11.8 Å². The molecule has 3 fully saturated rings. The summed E-state index contributed by atoms with van der Waals surface area (Å²) in [5, 5.41) is 15.7. The summed E-state index contributed by atoms with van der Waals surface area (Å²) in [5.41, 5.74) is -0.0289. The van der Waals surface area contributed by atoms with E-state index in [2.05, 4.69) is 34.1 Å². The summed E-state index contributed by atoms with van der Waals surface area (Å²) in [6.07, 6.45) is 4.20. The standard InChI is InChI=1S/C31H33F2N5O2/c1-31-10-9-19(36-31)15-38(17-31)29-24-14-25(32)26(23-13-21(39)12-18-6-3-4-8-22(18)23)27(33)28(24)34-30(35-29)40-16-20-7-5-11-37(20)2/h3-4,6,8,12-14,19-20,36,39H,5,7,9-11,15-17H2,1-2H3/t19?,20-,31-/m0/s1. The summed E-state index contributed by atoms with van der Waals surface area (Å²) in [7, 11) is 2.07. The first kappa shape index (κ1) is 25.4. The number of fused-ring (bicyclic) bond motifs is 4. The number of nitrogens with one attached hydrogen (secondary N) is 1. The molecule has 1 aromatic heterocycles. The molecule has 0 spiro atoms. The van der Waals surface area contributed by atoms with Gasteiger partial charge in [0.05, 0.1) is 5.56 Å². The second-order valence-electron chi connectivity index (χ2n) is 11.9. The molecule has 3 aliphatic heterocycles. The van der Waals surface area contributed by atoms with Crippen molar-refractivity contribution in [1.29, 1.82) is 0 Å². The number of likely N-dealkylation sites (tertiary alicyclic amines) is 1. The minimum Gasteiger partial charge on any atom is -0.508 e. The fourth-order valence-corrected chi connectivity index (χ4v) is 6.88. The topological polar surface area (TPSA) is 73.8 Å². The van der Waals surface area contributed by atoms with Crippen LogP contribution >= 0.6 is 0 Å². The van der Waals surface area contributed by atoms with E-state index in [0.29, 0.717) is 41.7 Å². The van der Waals surface area contributed by atoms with E-state index in [1.807, 2.05) is 12.1 Å².